The molecular formula is C20H27N5O5. The van der Waals surface area contributed by atoms with Crippen molar-refractivity contribution in [2.24, 2.45) is 0 Å². The zero-order chi connectivity index (χ0) is 21.9. The van der Waals surface area contributed by atoms with Gasteiger partial charge in [0, 0.05) is 18.7 Å². The molecule has 162 valence electrons. The van der Waals surface area contributed by atoms with E-state index in [0.717, 1.165) is 5.56 Å². The van der Waals surface area contributed by atoms with E-state index in [1.54, 1.807) is 37.1 Å². The number of hydrogen-bond acceptors (Lipinski definition) is 8. The zero-order valence-electron chi connectivity index (χ0n) is 17.2. The van der Waals surface area contributed by atoms with Crippen molar-refractivity contribution in [2.75, 3.05) is 18.9 Å². The topological polar surface area (TPSA) is 130 Å². The summed E-state index contributed by atoms with van der Waals surface area (Å²) in [5.74, 6) is -1.06. The first-order valence-electron chi connectivity index (χ1n) is 9.73. The molecule has 0 atom stereocenters. The summed E-state index contributed by atoms with van der Waals surface area (Å²) in [6.45, 7) is 4.42. The second-order valence-corrected chi connectivity index (χ2v) is 6.51. The molecule has 30 heavy (non-hydrogen) atoms. The van der Waals surface area contributed by atoms with Crippen molar-refractivity contribution in [2.45, 2.75) is 46.3 Å². The number of nitrogens with two attached hydrogens (primary N) is 1. The number of rotatable bonds is 11. The maximum absolute atomic E-state index is 12.8. The Hall–Kier alpha value is -3.43. The number of carbonyl (C=O) groups excluding carboxylic acids is 3. The normalized spacial score (nSPS) is 10.5. The second kappa shape index (κ2) is 11.5. The highest BCUT2D eigenvalue weighted by Crippen LogP contribution is 2.13. The molecule has 0 radical (unpaired) electrons. The lowest BCUT2D eigenvalue weighted by Crippen LogP contribution is -2.30. The maximum Gasteiger partial charge on any atom is 0.327 e. The molecule has 0 aliphatic rings. The van der Waals surface area contributed by atoms with E-state index in [1.165, 1.54) is 4.68 Å². The van der Waals surface area contributed by atoms with Gasteiger partial charge in [-0.25, -0.2) is 4.68 Å². The van der Waals surface area contributed by atoms with Crippen LogP contribution in [0.25, 0.3) is 0 Å². The molecule has 10 nitrogen and oxygen atoms in total. The van der Waals surface area contributed by atoms with Gasteiger partial charge in [-0.1, -0.05) is 17.3 Å². The molecule has 0 bridgehead atoms. The van der Waals surface area contributed by atoms with Crippen molar-refractivity contribution in [3.63, 3.8) is 0 Å². The van der Waals surface area contributed by atoms with Crippen LogP contribution in [0.3, 0.4) is 0 Å². The number of benzene rings is 1. The molecule has 1 amide bonds. The van der Waals surface area contributed by atoms with E-state index in [9.17, 15) is 14.4 Å². The number of nitrogen functional groups attached to an aromatic ring is 1. The molecule has 0 fully saturated rings. The molecule has 10 heteroatoms. The summed E-state index contributed by atoms with van der Waals surface area (Å²) in [4.78, 5) is 37.5. The van der Waals surface area contributed by atoms with E-state index >= 15 is 0 Å². The average molecular weight is 417 g/mol. The van der Waals surface area contributed by atoms with E-state index < -0.39 is 11.9 Å². The first-order chi connectivity index (χ1) is 14.4. The smallest absolute Gasteiger partial charge is 0.327 e. The van der Waals surface area contributed by atoms with Crippen LogP contribution in [0.2, 0.25) is 0 Å². The Bertz CT molecular complexity index is 850. The van der Waals surface area contributed by atoms with Crippen molar-refractivity contribution < 1.29 is 23.9 Å². The van der Waals surface area contributed by atoms with Crippen LogP contribution >= 0.6 is 0 Å². The Kier molecular flexibility index (Phi) is 8.79. The van der Waals surface area contributed by atoms with Crippen molar-refractivity contribution in [3.8, 4) is 0 Å². The summed E-state index contributed by atoms with van der Waals surface area (Å²) in [6, 6.07) is 7.18. The van der Waals surface area contributed by atoms with Crippen molar-refractivity contribution in [1.82, 2.24) is 19.9 Å². The lowest BCUT2D eigenvalue weighted by atomic mass is 10.1. The molecule has 0 unspecified atom stereocenters. The molecular weight excluding hydrogens is 390 g/mol. The van der Waals surface area contributed by atoms with Crippen molar-refractivity contribution >= 4 is 23.5 Å². The largest absolute Gasteiger partial charge is 0.466 e. The maximum atomic E-state index is 12.8. The van der Waals surface area contributed by atoms with Crippen molar-refractivity contribution in [1.29, 1.82) is 0 Å². The highest BCUT2D eigenvalue weighted by atomic mass is 16.5. The number of hydrogen-bond donors (Lipinski definition) is 1. The summed E-state index contributed by atoms with van der Waals surface area (Å²) < 4.78 is 11.1. The summed E-state index contributed by atoms with van der Waals surface area (Å²) in [5, 5.41) is 7.94. The van der Waals surface area contributed by atoms with Gasteiger partial charge in [-0.3, -0.25) is 14.4 Å². The summed E-state index contributed by atoms with van der Waals surface area (Å²) in [5.41, 5.74) is 7.74. The van der Waals surface area contributed by atoms with Gasteiger partial charge < -0.3 is 20.1 Å². The minimum atomic E-state index is -0.418. The molecule has 2 rings (SSSR count). The van der Waals surface area contributed by atoms with Gasteiger partial charge in [0.2, 0.25) is 5.91 Å². The quantitative estimate of drug-likeness (QED) is 0.428. The van der Waals surface area contributed by atoms with Crippen LogP contribution < -0.4 is 5.73 Å². The monoisotopic (exact) mass is 417 g/mol. The van der Waals surface area contributed by atoms with Crippen LogP contribution in [0.4, 0.5) is 5.69 Å². The molecule has 0 saturated carbocycles. The fraction of sp³-hybridized carbons (Fsp3) is 0.450. The van der Waals surface area contributed by atoms with E-state index in [0.29, 0.717) is 17.9 Å². The van der Waals surface area contributed by atoms with Gasteiger partial charge >= 0.3 is 11.9 Å². The predicted octanol–water partition coefficient (Wildman–Crippen LogP) is 1.30. The van der Waals surface area contributed by atoms with Gasteiger partial charge in [-0.15, -0.1) is 5.10 Å². The first kappa shape index (κ1) is 22.9. The van der Waals surface area contributed by atoms with E-state index in [4.69, 9.17) is 15.2 Å². The fourth-order valence-corrected chi connectivity index (χ4v) is 2.70. The highest BCUT2D eigenvalue weighted by Gasteiger charge is 2.18. The van der Waals surface area contributed by atoms with Gasteiger partial charge in [0.1, 0.15) is 12.2 Å². The Morgan fingerprint density at radius 3 is 2.33 bits per heavy atom. The third-order valence-electron chi connectivity index (χ3n) is 4.09. The van der Waals surface area contributed by atoms with Crippen LogP contribution in [0.1, 0.15) is 37.9 Å². The fourth-order valence-electron chi connectivity index (χ4n) is 2.70. The van der Waals surface area contributed by atoms with Gasteiger partial charge in [-0.05, 0) is 31.5 Å². The Balaban J connectivity index is 2.07. The van der Waals surface area contributed by atoms with E-state index in [1.807, 2.05) is 12.1 Å². The third-order valence-corrected chi connectivity index (χ3v) is 4.09. The van der Waals surface area contributed by atoms with E-state index in [-0.39, 0.29) is 45.1 Å². The van der Waals surface area contributed by atoms with Crippen LogP contribution in [0.15, 0.2) is 30.5 Å². The van der Waals surface area contributed by atoms with Gasteiger partial charge in [0.05, 0.1) is 32.4 Å². The third kappa shape index (κ3) is 7.53. The minimum absolute atomic E-state index is 0.000456. The highest BCUT2D eigenvalue weighted by molar-refractivity contribution is 5.81. The van der Waals surface area contributed by atoms with Gasteiger partial charge in [-0.2, -0.15) is 0 Å². The number of amides is 1. The average Bonchev–Trinajstić information content (AvgIpc) is 3.14. The van der Waals surface area contributed by atoms with Crippen molar-refractivity contribution in [3.05, 3.63) is 41.7 Å². The number of anilines is 1. The number of nitrogens with zero attached hydrogens (tertiary/aromatic N) is 4. The molecule has 1 heterocycles. The van der Waals surface area contributed by atoms with E-state index in [2.05, 4.69) is 10.3 Å². The SMILES string of the molecule is CCOC(=O)CCC(=O)N(Cc1ccc(N)cc1)Cc1cn(CC(=O)OCC)nn1. The Morgan fingerprint density at radius 1 is 1.00 bits per heavy atom. The Labute approximate surface area is 174 Å². The van der Waals surface area contributed by atoms with Gasteiger partial charge in [0.25, 0.3) is 0 Å². The van der Waals surface area contributed by atoms with Crippen LogP contribution in [-0.2, 0) is 43.5 Å². The summed E-state index contributed by atoms with van der Waals surface area (Å²) in [7, 11) is 0. The number of esters is 2. The minimum Gasteiger partial charge on any atom is -0.466 e. The molecule has 2 N–H and O–H groups in total. The van der Waals surface area contributed by atoms with Gasteiger partial charge in [0.15, 0.2) is 0 Å². The first-order valence-corrected chi connectivity index (χ1v) is 9.73. The molecule has 1 aromatic heterocycles. The summed E-state index contributed by atoms with van der Waals surface area (Å²) >= 11 is 0. The number of ether oxygens (including phenoxy) is 2. The molecule has 2 aromatic rings. The standard InChI is InChI=1S/C20H27N5O5/c1-3-29-19(27)10-9-18(26)24(11-15-5-7-16(21)8-6-15)12-17-13-25(23-22-17)14-20(28)30-4-2/h5-8,13H,3-4,9-12,14,21H2,1-2H3. The lowest BCUT2D eigenvalue weighted by molar-refractivity contribution is -0.146. The lowest BCUT2D eigenvalue weighted by Gasteiger charge is -2.22. The summed E-state index contributed by atoms with van der Waals surface area (Å²) in [6.07, 6.45) is 1.61. The zero-order valence-corrected chi connectivity index (χ0v) is 17.2. The second-order valence-electron chi connectivity index (χ2n) is 6.51. The molecule has 0 aliphatic heterocycles. The molecule has 0 saturated heterocycles. The number of carbonyl (C=O) groups is 3. The molecule has 0 aliphatic carbocycles. The van der Waals surface area contributed by atoms with Crippen LogP contribution in [0, 0.1) is 0 Å². The Morgan fingerprint density at radius 2 is 1.67 bits per heavy atom. The predicted molar refractivity (Wildman–Crippen MR) is 108 cm³/mol. The molecule has 0 spiro atoms. The van der Waals surface area contributed by atoms with Crippen LogP contribution in [0.5, 0.6) is 0 Å². The molecule has 1 aromatic carbocycles. The van der Waals surface area contributed by atoms with Crippen LogP contribution in [-0.4, -0.2) is 51.0 Å². The number of aromatic nitrogens is 3.